The lowest BCUT2D eigenvalue weighted by atomic mass is 9.80. The van der Waals surface area contributed by atoms with Gasteiger partial charge >= 0.3 is 0 Å². The Balaban J connectivity index is 1.03. The summed E-state index contributed by atoms with van der Waals surface area (Å²) in [5.41, 5.74) is 13.1. The van der Waals surface area contributed by atoms with Crippen molar-refractivity contribution in [1.29, 1.82) is 0 Å². The molecule has 1 aromatic heterocycles. The Morgan fingerprint density at radius 1 is 0.357 bits per heavy atom. The van der Waals surface area contributed by atoms with Crippen LogP contribution in [0.15, 0.2) is 182 Å². The minimum atomic E-state index is -0.171. The lowest BCUT2D eigenvalue weighted by Crippen LogP contribution is -2.15. The number of fused-ring (bicyclic) bond motifs is 11. The molecule has 0 aliphatic heterocycles. The highest BCUT2D eigenvalue weighted by Gasteiger charge is 2.36. The van der Waals surface area contributed by atoms with E-state index in [2.05, 4.69) is 196 Å². The molecule has 0 saturated carbocycles. The van der Waals surface area contributed by atoms with Gasteiger partial charge in [0, 0.05) is 25.6 Å². The van der Waals surface area contributed by atoms with Gasteiger partial charge in [0.25, 0.3) is 0 Å². The number of hydrogen-bond acceptors (Lipinski definition) is 1. The van der Waals surface area contributed by atoms with E-state index in [1.807, 2.05) is 11.3 Å². The lowest BCUT2D eigenvalue weighted by Gasteiger charge is -2.23. The first-order valence-corrected chi connectivity index (χ1v) is 20.4. The van der Waals surface area contributed by atoms with E-state index in [-0.39, 0.29) is 5.41 Å². The normalized spacial score (nSPS) is 13.3. The molecule has 10 aromatic carbocycles. The molecule has 1 aliphatic rings. The van der Waals surface area contributed by atoms with E-state index in [4.69, 9.17) is 0 Å². The molecule has 0 bridgehead atoms. The highest BCUT2D eigenvalue weighted by Crippen LogP contribution is 2.53. The molecule has 0 saturated heterocycles. The Morgan fingerprint density at radius 3 is 1.55 bits per heavy atom. The van der Waals surface area contributed by atoms with E-state index in [9.17, 15) is 0 Å². The summed E-state index contributed by atoms with van der Waals surface area (Å²) in [5, 5.41) is 13.0. The monoisotopic (exact) mass is 728 g/mol. The highest BCUT2D eigenvalue weighted by molar-refractivity contribution is 7.26. The minimum Gasteiger partial charge on any atom is -0.135 e. The average molecular weight is 729 g/mol. The fourth-order valence-electron chi connectivity index (χ4n) is 10.0. The van der Waals surface area contributed by atoms with Gasteiger partial charge in [0.2, 0.25) is 0 Å². The van der Waals surface area contributed by atoms with Gasteiger partial charge in [-0.3, -0.25) is 0 Å². The van der Waals surface area contributed by atoms with E-state index in [0.717, 1.165) is 0 Å². The first kappa shape index (κ1) is 31.8. The zero-order chi connectivity index (χ0) is 37.1. The molecule has 1 heterocycles. The van der Waals surface area contributed by atoms with E-state index in [0.29, 0.717) is 0 Å². The Hall–Kier alpha value is -6.54. The molecule has 0 unspecified atom stereocenters. The molecule has 56 heavy (non-hydrogen) atoms. The van der Waals surface area contributed by atoms with Crippen molar-refractivity contribution in [3.63, 3.8) is 0 Å². The van der Waals surface area contributed by atoms with Crippen LogP contribution in [0.5, 0.6) is 0 Å². The molecule has 262 valence electrons. The van der Waals surface area contributed by atoms with Crippen molar-refractivity contribution in [2.45, 2.75) is 19.3 Å². The SMILES string of the molecule is CC1(C)c2cc(-c3c4ccccc4c(-c4cccc5ccccc45)c4ccccc34)ccc2-c2ccc(-c3cccc4c3sc3ccc5ccccc5c34)cc21. The first-order valence-electron chi connectivity index (χ1n) is 19.6. The highest BCUT2D eigenvalue weighted by atomic mass is 32.1. The van der Waals surface area contributed by atoms with Crippen molar-refractivity contribution in [3.8, 4) is 44.5 Å². The maximum Gasteiger partial charge on any atom is 0.0434 e. The topological polar surface area (TPSA) is 0 Å². The van der Waals surface area contributed by atoms with Crippen LogP contribution in [0.1, 0.15) is 25.0 Å². The Labute approximate surface area is 329 Å². The van der Waals surface area contributed by atoms with Gasteiger partial charge in [-0.25, -0.2) is 0 Å². The summed E-state index contributed by atoms with van der Waals surface area (Å²) < 4.78 is 2.71. The number of thiophene rings is 1. The van der Waals surface area contributed by atoms with Gasteiger partial charge < -0.3 is 0 Å². The number of benzene rings is 10. The summed E-state index contributed by atoms with van der Waals surface area (Å²) >= 11 is 1.92. The molecule has 1 heteroatoms. The van der Waals surface area contributed by atoms with E-state index < -0.39 is 0 Å². The third-order valence-corrected chi connectivity index (χ3v) is 13.9. The van der Waals surface area contributed by atoms with Crippen LogP contribution in [-0.4, -0.2) is 0 Å². The van der Waals surface area contributed by atoms with Gasteiger partial charge in [0.05, 0.1) is 0 Å². The molecular formula is C55H36S. The second-order valence-corrected chi connectivity index (χ2v) is 17.0. The minimum absolute atomic E-state index is 0.171. The number of rotatable bonds is 3. The van der Waals surface area contributed by atoms with Crippen molar-refractivity contribution in [1.82, 2.24) is 0 Å². The van der Waals surface area contributed by atoms with Crippen LogP contribution >= 0.6 is 11.3 Å². The summed E-state index contributed by atoms with van der Waals surface area (Å²) in [7, 11) is 0. The van der Waals surface area contributed by atoms with E-state index in [1.165, 1.54) is 119 Å². The lowest BCUT2D eigenvalue weighted by molar-refractivity contribution is 0.661. The Bertz CT molecular complexity index is 3390. The second kappa shape index (κ2) is 11.7. The second-order valence-electron chi connectivity index (χ2n) is 16.0. The van der Waals surface area contributed by atoms with Crippen molar-refractivity contribution in [3.05, 3.63) is 193 Å². The molecule has 11 aromatic rings. The predicted octanol–water partition coefficient (Wildman–Crippen LogP) is 16.0. The summed E-state index contributed by atoms with van der Waals surface area (Å²) in [6, 6.07) is 68.2. The average Bonchev–Trinajstić information content (AvgIpc) is 3.74. The molecule has 0 nitrogen and oxygen atoms in total. The van der Waals surface area contributed by atoms with Gasteiger partial charge in [0.1, 0.15) is 0 Å². The Morgan fingerprint density at radius 2 is 0.857 bits per heavy atom. The van der Waals surface area contributed by atoms with Crippen LogP contribution in [0.2, 0.25) is 0 Å². The maximum absolute atomic E-state index is 2.50. The summed E-state index contributed by atoms with van der Waals surface area (Å²) in [6.07, 6.45) is 0. The van der Waals surface area contributed by atoms with Gasteiger partial charge in [-0.15, -0.1) is 11.3 Å². The molecule has 1 aliphatic carbocycles. The third kappa shape index (κ3) is 4.41. The molecule has 0 amide bonds. The van der Waals surface area contributed by atoms with Crippen molar-refractivity contribution in [2.24, 2.45) is 0 Å². The molecule has 0 radical (unpaired) electrons. The zero-order valence-corrected chi connectivity index (χ0v) is 32.0. The summed E-state index contributed by atoms with van der Waals surface area (Å²) in [5.74, 6) is 0. The van der Waals surface area contributed by atoms with Gasteiger partial charge in [-0.05, 0) is 117 Å². The van der Waals surface area contributed by atoms with Crippen LogP contribution in [0, 0.1) is 0 Å². The standard InChI is InChI=1S/C55H36S/c1-55(2)48-31-35(39-22-12-24-47-53-38-17-6-4-14-34(38)27-30-50(53)56-54(39)47)25-28-40(48)41-29-26-36(32-49(41)55)51-43-18-7-9-20-45(43)52(46-21-10-8-19-44(46)51)42-23-11-15-33-13-3-5-16-37(33)42/h3-32H,1-2H3. The van der Waals surface area contributed by atoms with Crippen molar-refractivity contribution in [2.75, 3.05) is 0 Å². The van der Waals surface area contributed by atoms with E-state index in [1.54, 1.807) is 0 Å². The largest absolute Gasteiger partial charge is 0.135 e. The third-order valence-electron chi connectivity index (χ3n) is 12.7. The zero-order valence-electron chi connectivity index (χ0n) is 31.2. The van der Waals surface area contributed by atoms with Gasteiger partial charge in [-0.1, -0.05) is 178 Å². The van der Waals surface area contributed by atoms with Crippen molar-refractivity contribution >= 4 is 74.6 Å². The fraction of sp³-hybridized carbons (Fsp3) is 0.0545. The predicted molar refractivity (Wildman–Crippen MR) is 243 cm³/mol. The van der Waals surface area contributed by atoms with E-state index >= 15 is 0 Å². The van der Waals surface area contributed by atoms with Crippen molar-refractivity contribution < 1.29 is 0 Å². The molecule has 0 N–H and O–H groups in total. The molecule has 0 spiro atoms. The van der Waals surface area contributed by atoms with Crippen LogP contribution in [-0.2, 0) is 5.41 Å². The maximum atomic E-state index is 2.50. The number of hydrogen-bond donors (Lipinski definition) is 0. The van der Waals surface area contributed by atoms with Crippen LogP contribution in [0.3, 0.4) is 0 Å². The van der Waals surface area contributed by atoms with Gasteiger partial charge in [-0.2, -0.15) is 0 Å². The smallest absolute Gasteiger partial charge is 0.0434 e. The first-order chi connectivity index (χ1) is 27.5. The molecule has 12 rings (SSSR count). The summed E-state index contributed by atoms with van der Waals surface area (Å²) in [4.78, 5) is 0. The molecular weight excluding hydrogens is 693 g/mol. The molecule has 0 atom stereocenters. The van der Waals surface area contributed by atoms with Crippen LogP contribution in [0.4, 0.5) is 0 Å². The quantitative estimate of drug-likeness (QED) is 0.159. The summed E-state index contributed by atoms with van der Waals surface area (Å²) in [6.45, 7) is 4.83. The molecule has 0 fully saturated rings. The Kier molecular flexibility index (Phi) is 6.66. The van der Waals surface area contributed by atoms with Crippen LogP contribution < -0.4 is 0 Å². The fourth-order valence-corrected chi connectivity index (χ4v) is 11.3. The van der Waals surface area contributed by atoms with Gasteiger partial charge in [0.15, 0.2) is 0 Å². The van der Waals surface area contributed by atoms with Crippen LogP contribution in [0.25, 0.3) is 108 Å².